The summed E-state index contributed by atoms with van der Waals surface area (Å²) in [5.74, 6) is -0.316. The average Bonchev–Trinajstić information content (AvgIpc) is 2.30. The number of carbonyl (C=O) groups excluding carboxylic acids is 1. The van der Waals surface area contributed by atoms with E-state index < -0.39 is 0 Å². The second kappa shape index (κ2) is 5.16. The average molecular weight is 241 g/mol. The van der Waals surface area contributed by atoms with Gasteiger partial charge >= 0.3 is 5.97 Å². The number of rotatable bonds is 2. The Bertz CT molecular complexity index is 385. The molecule has 0 unspecified atom stereocenters. The minimum atomic E-state index is -0.316. The number of esters is 1. The van der Waals surface area contributed by atoms with Gasteiger partial charge in [0.05, 0.1) is 6.61 Å². The predicted octanol–water partition coefficient (Wildman–Crippen LogP) is 2.07. The van der Waals surface area contributed by atoms with Gasteiger partial charge in [-0.15, -0.1) is 0 Å². The van der Waals surface area contributed by atoms with Gasteiger partial charge in [-0.3, -0.25) is 5.43 Å². The molecule has 0 amide bonds. The largest absolute Gasteiger partial charge is 0.461 e. The summed E-state index contributed by atoms with van der Waals surface area (Å²) in [6, 6.07) is 0. The van der Waals surface area contributed by atoms with Gasteiger partial charge in [-0.25, -0.2) is 4.79 Å². The van der Waals surface area contributed by atoms with Crippen molar-refractivity contribution < 1.29 is 9.53 Å². The van der Waals surface area contributed by atoms with Crippen molar-refractivity contribution in [2.45, 2.75) is 25.7 Å². The van der Waals surface area contributed by atoms with Gasteiger partial charge in [0.25, 0.3) is 0 Å². The molecule has 2 rings (SSSR count). The second-order valence-electron chi connectivity index (χ2n) is 3.72. The molecule has 0 saturated carbocycles. The molecule has 0 aromatic heterocycles. The van der Waals surface area contributed by atoms with Gasteiger partial charge in [-0.2, -0.15) is 5.10 Å². The van der Waals surface area contributed by atoms with Gasteiger partial charge in [-0.1, -0.05) is 11.6 Å². The van der Waals surface area contributed by atoms with Crippen LogP contribution in [0.4, 0.5) is 0 Å². The molecule has 4 nitrogen and oxygen atoms in total. The van der Waals surface area contributed by atoms with Crippen LogP contribution in [0.5, 0.6) is 0 Å². The van der Waals surface area contributed by atoms with E-state index in [1.165, 1.54) is 0 Å². The summed E-state index contributed by atoms with van der Waals surface area (Å²) in [5, 5.41) is 4.91. The number of cyclic esters (lactones) is 1. The van der Waals surface area contributed by atoms with Crippen LogP contribution in [0.2, 0.25) is 0 Å². The predicted molar refractivity (Wildman–Crippen MR) is 62.0 cm³/mol. The van der Waals surface area contributed by atoms with Crippen LogP contribution in [0.1, 0.15) is 25.7 Å². The Morgan fingerprint density at radius 3 is 2.88 bits per heavy atom. The Balaban J connectivity index is 1.95. The maximum absolute atomic E-state index is 11.3. The van der Waals surface area contributed by atoms with Gasteiger partial charge in [0.2, 0.25) is 0 Å². The number of allylic oxidation sites excluding steroid dienone is 4. The topological polar surface area (TPSA) is 50.7 Å². The fourth-order valence-electron chi connectivity index (χ4n) is 1.54. The molecule has 1 aliphatic heterocycles. The van der Waals surface area contributed by atoms with Crippen LogP contribution < -0.4 is 5.43 Å². The van der Waals surface area contributed by atoms with E-state index in [4.69, 9.17) is 16.3 Å². The molecule has 2 aliphatic rings. The standard InChI is InChI=1S/C11H13ClN2O2/c12-8-3-5-9(6-4-8)13-14-10-2-1-7-16-11(10)15/h3,5,13H,1-2,4,6-7H2/b14-10+. The Morgan fingerprint density at radius 2 is 2.19 bits per heavy atom. The van der Waals surface area contributed by atoms with Crippen molar-refractivity contribution in [2.75, 3.05) is 6.61 Å². The summed E-state index contributed by atoms with van der Waals surface area (Å²) in [6.07, 6.45) is 6.88. The van der Waals surface area contributed by atoms with Gasteiger partial charge < -0.3 is 4.74 Å². The lowest BCUT2D eigenvalue weighted by Crippen LogP contribution is -2.26. The lowest BCUT2D eigenvalue weighted by molar-refractivity contribution is -0.137. The lowest BCUT2D eigenvalue weighted by atomic mass is 10.1. The molecular weight excluding hydrogens is 228 g/mol. The van der Waals surface area contributed by atoms with E-state index in [0.717, 1.165) is 30.0 Å². The van der Waals surface area contributed by atoms with Crippen molar-refractivity contribution in [3.8, 4) is 0 Å². The summed E-state index contributed by atoms with van der Waals surface area (Å²) in [6.45, 7) is 0.499. The number of carbonyl (C=O) groups is 1. The molecule has 86 valence electrons. The van der Waals surface area contributed by atoms with Gasteiger partial charge in [0, 0.05) is 17.2 Å². The van der Waals surface area contributed by atoms with Crippen molar-refractivity contribution >= 4 is 23.3 Å². The van der Waals surface area contributed by atoms with Crippen molar-refractivity contribution in [1.82, 2.24) is 5.43 Å². The van der Waals surface area contributed by atoms with E-state index >= 15 is 0 Å². The molecule has 1 N–H and O–H groups in total. The number of hydrazone groups is 1. The minimum Gasteiger partial charge on any atom is -0.461 e. The Hall–Kier alpha value is -1.29. The quantitative estimate of drug-likeness (QED) is 0.594. The van der Waals surface area contributed by atoms with Crippen molar-refractivity contribution in [3.63, 3.8) is 0 Å². The highest BCUT2D eigenvalue weighted by Gasteiger charge is 2.18. The zero-order valence-corrected chi connectivity index (χ0v) is 9.59. The Kier molecular flexibility index (Phi) is 3.62. The minimum absolute atomic E-state index is 0.316. The van der Waals surface area contributed by atoms with Gasteiger partial charge in [-0.05, 0) is 31.4 Å². The van der Waals surface area contributed by atoms with E-state index in [-0.39, 0.29) is 5.97 Å². The number of hydrogen-bond acceptors (Lipinski definition) is 4. The van der Waals surface area contributed by atoms with Gasteiger partial charge in [0.1, 0.15) is 5.71 Å². The zero-order chi connectivity index (χ0) is 11.4. The van der Waals surface area contributed by atoms with E-state index in [9.17, 15) is 4.79 Å². The fourth-order valence-corrected chi connectivity index (χ4v) is 1.69. The molecule has 0 atom stereocenters. The van der Waals surface area contributed by atoms with Crippen LogP contribution in [-0.2, 0) is 9.53 Å². The number of nitrogens with one attached hydrogen (secondary N) is 1. The fraction of sp³-hybridized carbons (Fsp3) is 0.455. The van der Waals surface area contributed by atoms with E-state index in [0.29, 0.717) is 18.7 Å². The third-order valence-corrected chi connectivity index (χ3v) is 2.77. The van der Waals surface area contributed by atoms with Crippen LogP contribution in [0.25, 0.3) is 0 Å². The Labute approximate surface area is 99.0 Å². The second-order valence-corrected chi connectivity index (χ2v) is 4.20. The first-order valence-electron chi connectivity index (χ1n) is 5.30. The molecule has 1 heterocycles. The first-order chi connectivity index (χ1) is 7.75. The molecule has 0 aromatic rings. The van der Waals surface area contributed by atoms with Crippen LogP contribution in [0.15, 0.2) is 28.0 Å². The summed E-state index contributed by atoms with van der Waals surface area (Å²) in [7, 11) is 0. The molecule has 5 heteroatoms. The molecule has 0 aromatic carbocycles. The molecular formula is C11H13ClN2O2. The summed E-state index contributed by atoms with van der Waals surface area (Å²) in [5.41, 5.74) is 4.32. The molecule has 16 heavy (non-hydrogen) atoms. The van der Waals surface area contributed by atoms with Crippen molar-refractivity contribution in [2.24, 2.45) is 5.10 Å². The third-order valence-electron chi connectivity index (χ3n) is 2.46. The Morgan fingerprint density at radius 1 is 1.31 bits per heavy atom. The highest BCUT2D eigenvalue weighted by molar-refractivity contribution is 6.36. The van der Waals surface area contributed by atoms with Crippen LogP contribution >= 0.6 is 11.6 Å². The lowest BCUT2D eigenvalue weighted by Gasteiger charge is -2.14. The van der Waals surface area contributed by atoms with Crippen LogP contribution in [-0.4, -0.2) is 18.3 Å². The SMILES string of the molecule is O=C1OCCC/C1=N\NC1=CC=C(Cl)CC1. The van der Waals surface area contributed by atoms with Crippen LogP contribution in [0, 0.1) is 0 Å². The highest BCUT2D eigenvalue weighted by Crippen LogP contribution is 2.19. The monoisotopic (exact) mass is 240 g/mol. The molecule has 1 aliphatic carbocycles. The third kappa shape index (κ3) is 2.85. The summed E-state index contributed by atoms with van der Waals surface area (Å²) >= 11 is 5.83. The normalized spacial score (nSPS) is 23.6. The molecule has 0 radical (unpaired) electrons. The van der Waals surface area contributed by atoms with Crippen molar-refractivity contribution in [3.05, 3.63) is 22.9 Å². The maximum Gasteiger partial charge on any atom is 0.354 e. The van der Waals surface area contributed by atoms with Gasteiger partial charge in [0.15, 0.2) is 0 Å². The number of ether oxygens (including phenoxy) is 1. The smallest absolute Gasteiger partial charge is 0.354 e. The first kappa shape index (κ1) is 11.2. The first-order valence-corrected chi connectivity index (χ1v) is 5.68. The molecule has 0 spiro atoms. The molecule has 0 bridgehead atoms. The van der Waals surface area contributed by atoms with E-state index in [2.05, 4.69) is 10.5 Å². The van der Waals surface area contributed by atoms with E-state index in [1.807, 2.05) is 12.2 Å². The molecule has 1 saturated heterocycles. The number of hydrogen-bond donors (Lipinski definition) is 1. The summed E-state index contributed by atoms with van der Waals surface area (Å²) in [4.78, 5) is 11.3. The number of nitrogens with zero attached hydrogens (tertiary/aromatic N) is 1. The van der Waals surface area contributed by atoms with E-state index in [1.54, 1.807) is 0 Å². The summed E-state index contributed by atoms with van der Waals surface area (Å²) < 4.78 is 4.89. The number of halogens is 1. The zero-order valence-electron chi connectivity index (χ0n) is 8.83. The van der Waals surface area contributed by atoms with Crippen molar-refractivity contribution in [1.29, 1.82) is 0 Å². The maximum atomic E-state index is 11.3. The molecule has 1 fully saturated rings. The highest BCUT2D eigenvalue weighted by atomic mass is 35.5. The van der Waals surface area contributed by atoms with Crippen LogP contribution in [0.3, 0.4) is 0 Å².